The summed E-state index contributed by atoms with van der Waals surface area (Å²) in [6, 6.07) is -0.648. The molecule has 8 heteroatoms. The average molecular weight is 281 g/mol. The maximum atomic E-state index is 12.0. The predicted molar refractivity (Wildman–Crippen MR) is 70.1 cm³/mol. The molecule has 0 unspecified atom stereocenters. The molecule has 0 radical (unpaired) electrons. The molecule has 0 saturated heterocycles. The standard InChI is InChI=1S/C10H24N3O4P/c1-3-16-18(15,17-4-2)8-13-10(14)9(12)6-5-7-11/h9H,3-8,11-12H2,1-2H3,(H,13,14)/t9-/m0/s1. The van der Waals surface area contributed by atoms with Crippen LogP contribution in [0.3, 0.4) is 0 Å². The van der Waals surface area contributed by atoms with Gasteiger partial charge in [0.1, 0.15) is 6.29 Å². The Balaban J connectivity index is 4.18. The number of carbonyl (C=O) groups is 1. The van der Waals surface area contributed by atoms with E-state index in [1.165, 1.54) is 0 Å². The fourth-order valence-electron chi connectivity index (χ4n) is 1.30. The van der Waals surface area contributed by atoms with Gasteiger partial charge in [0.05, 0.1) is 19.3 Å². The molecule has 7 nitrogen and oxygen atoms in total. The first-order valence-electron chi connectivity index (χ1n) is 6.10. The quantitative estimate of drug-likeness (QED) is 0.499. The Morgan fingerprint density at radius 1 is 1.33 bits per heavy atom. The van der Waals surface area contributed by atoms with Crippen LogP contribution in [-0.4, -0.2) is 38.0 Å². The van der Waals surface area contributed by atoms with E-state index in [0.717, 1.165) is 0 Å². The second-order valence-corrected chi connectivity index (χ2v) is 5.74. The van der Waals surface area contributed by atoms with Crippen molar-refractivity contribution in [3.05, 3.63) is 0 Å². The summed E-state index contributed by atoms with van der Waals surface area (Å²) in [4.78, 5) is 11.6. The molecule has 18 heavy (non-hydrogen) atoms. The summed E-state index contributed by atoms with van der Waals surface area (Å²) in [6.07, 6.45) is 1.00. The first-order chi connectivity index (χ1) is 8.49. The van der Waals surface area contributed by atoms with E-state index in [9.17, 15) is 9.36 Å². The normalized spacial score (nSPS) is 13.3. The zero-order chi connectivity index (χ0) is 14.0. The van der Waals surface area contributed by atoms with Gasteiger partial charge in [-0.15, -0.1) is 0 Å². The van der Waals surface area contributed by atoms with Gasteiger partial charge in [-0.1, -0.05) is 0 Å². The lowest BCUT2D eigenvalue weighted by atomic mass is 10.1. The molecule has 1 amide bonds. The van der Waals surface area contributed by atoms with E-state index in [4.69, 9.17) is 20.5 Å². The highest BCUT2D eigenvalue weighted by molar-refractivity contribution is 7.53. The lowest BCUT2D eigenvalue weighted by Gasteiger charge is -2.18. The van der Waals surface area contributed by atoms with Crippen LogP contribution in [0.15, 0.2) is 0 Å². The topological polar surface area (TPSA) is 117 Å². The predicted octanol–water partition coefficient (Wildman–Crippen LogP) is 0.392. The summed E-state index contributed by atoms with van der Waals surface area (Å²) in [7, 11) is -3.25. The Morgan fingerprint density at radius 2 is 1.89 bits per heavy atom. The van der Waals surface area contributed by atoms with Gasteiger partial charge < -0.3 is 25.8 Å². The van der Waals surface area contributed by atoms with Crippen LogP contribution in [0.2, 0.25) is 0 Å². The lowest BCUT2D eigenvalue weighted by Crippen LogP contribution is -2.41. The molecule has 0 aliphatic heterocycles. The fourth-order valence-corrected chi connectivity index (χ4v) is 2.69. The fraction of sp³-hybridized carbons (Fsp3) is 0.900. The Kier molecular flexibility index (Phi) is 9.23. The molecule has 5 N–H and O–H groups in total. The van der Waals surface area contributed by atoms with E-state index in [0.29, 0.717) is 19.4 Å². The molecule has 108 valence electrons. The highest BCUT2D eigenvalue weighted by Crippen LogP contribution is 2.46. The number of hydrogen-bond acceptors (Lipinski definition) is 6. The van der Waals surface area contributed by atoms with Crippen LogP contribution in [0.4, 0.5) is 0 Å². The molecule has 1 atom stereocenters. The van der Waals surface area contributed by atoms with E-state index in [1.807, 2.05) is 0 Å². The van der Waals surface area contributed by atoms with Crippen molar-refractivity contribution in [3.8, 4) is 0 Å². The number of nitrogens with one attached hydrogen (secondary N) is 1. The van der Waals surface area contributed by atoms with Crippen molar-refractivity contribution in [1.82, 2.24) is 5.32 Å². The molecule has 0 bridgehead atoms. The number of rotatable bonds is 10. The third kappa shape index (κ3) is 7.08. The van der Waals surface area contributed by atoms with Gasteiger partial charge in [0, 0.05) is 0 Å². The molecule has 0 fully saturated rings. The molecule has 0 rings (SSSR count). The monoisotopic (exact) mass is 281 g/mol. The molecule has 0 aliphatic carbocycles. The van der Waals surface area contributed by atoms with Gasteiger partial charge in [0.25, 0.3) is 0 Å². The van der Waals surface area contributed by atoms with E-state index >= 15 is 0 Å². The van der Waals surface area contributed by atoms with Gasteiger partial charge in [-0.2, -0.15) is 0 Å². The van der Waals surface area contributed by atoms with Gasteiger partial charge in [-0.25, -0.2) is 0 Å². The molecule has 0 aromatic rings. The number of carbonyl (C=O) groups excluding carboxylic acids is 1. The van der Waals surface area contributed by atoms with E-state index in [2.05, 4.69) is 5.32 Å². The minimum Gasteiger partial charge on any atom is -0.343 e. The number of amides is 1. The highest BCUT2D eigenvalue weighted by atomic mass is 31.2. The lowest BCUT2D eigenvalue weighted by molar-refractivity contribution is -0.122. The molecular formula is C10H24N3O4P. The first-order valence-corrected chi connectivity index (χ1v) is 7.83. The Hall–Kier alpha value is -0.460. The van der Waals surface area contributed by atoms with Gasteiger partial charge >= 0.3 is 7.60 Å². The Bertz CT molecular complexity index is 278. The Morgan fingerprint density at radius 3 is 2.33 bits per heavy atom. The number of nitrogens with two attached hydrogens (primary N) is 2. The van der Waals surface area contributed by atoms with Crippen molar-refractivity contribution in [1.29, 1.82) is 0 Å². The van der Waals surface area contributed by atoms with Crippen molar-refractivity contribution in [3.63, 3.8) is 0 Å². The maximum absolute atomic E-state index is 12.0. The minimum absolute atomic E-state index is 0.163. The van der Waals surface area contributed by atoms with E-state index in [-0.39, 0.29) is 25.4 Å². The highest BCUT2D eigenvalue weighted by Gasteiger charge is 2.25. The molecule has 0 spiro atoms. The summed E-state index contributed by atoms with van der Waals surface area (Å²) >= 11 is 0. The van der Waals surface area contributed by atoms with E-state index in [1.54, 1.807) is 13.8 Å². The minimum atomic E-state index is -3.25. The van der Waals surface area contributed by atoms with Crippen molar-refractivity contribution in [2.45, 2.75) is 32.7 Å². The summed E-state index contributed by atoms with van der Waals surface area (Å²) < 4.78 is 22.1. The SMILES string of the molecule is CCOP(=O)(CNC(=O)[C@@H](N)CCCN)OCC. The van der Waals surface area contributed by atoms with Crippen LogP contribution in [0, 0.1) is 0 Å². The summed E-state index contributed by atoms with van der Waals surface area (Å²) in [6.45, 7) is 4.41. The summed E-state index contributed by atoms with van der Waals surface area (Å²) in [5.41, 5.74) is 11.0. The molecular weight excluding hydrogens is 257 g/mol. The third-order valence-corrected chi connectivity index (χ3v) is 4.00. The maximum Gasteiger partial charge on any atom is 0.349 e. The first kappa shape index (κ1) is 17.5. The molecule has 0 heterocycles. The van der Waals surface area contributed by atoms with Gasteiger partial charge in [-0.3, -0.25) is 9.36 Å². The second-order valence-electron chi connectivity index (χ2n) is 3.68. The van der Waals surface area contributed by atoms with Gasteiger partial charge in [-0.05, 0) is 33.2 Å². The van der Waals surface area contributed by atoms with Crippen LogP contribution >= 0.6 is 7.60 Å². The van der Waals surface area contributed by atoms with Crippen molar-refractivity contribution in [2.24, 2.45) is 11.5 Å². The second kappa shape index (κ2) is 9.47. The smallest absolute Gasteiger partial charge is 0.343 e. The van der Waals surface area contributed by atoms with Crippen LogP contribution in [-0.2, 0) is 18.4 Å². The number of hydrogen-bond donors (Lipinski definition) is 3. The summed E-state index contributed by atoms with van der Waals surface area (Å²) in [5, 5.41) is 2.48. The van der Waals surface area contributed by atoms with Crippen molar-refractivity contribution in [2.75, 3.05) is 26.0 Å². The van der Waals surface area contributed by atoms with E-state index < -0.39 is 13.6 Å². The Labute approximate surface area is 108 Å². The van der Waals surface area contributed by atoms with Crippen LogP contribution in [0.1, 0.15) is 26.7 Å². The van der Waals surface area contributed by atoms with Crippen LogP contribution in [0.5, 0.6) is 0 Å². The van der Waals surface area contributed by atoms with Crippen molar-refractivity contribution >= 4 is 13.5 Å². The van der Waals surface area contributed by atoms with Crippen LogP contribution in [0.25, 0.3) is 0 Å². The average Bonchev–Trinajstić information content (AvgIpc) is 2.33. The molecule has 0 saturated carbocycles. The van der Waals surface area contributed by atoms with Crippen LogP contribution < -0.4 is 16.8 Å². The summed E-state index contributed by atoms with van der Waals surface area (Å²) in [5.74, 6) is -0.372. The third-order valence-electron chi connectivity index (χ3n) is 2.15. The molecule has 0 aromatic heterocycles. The molecule has 0 aromatic carbocycles. The van der Waals surface area contributed by atoms with Gasteiger partial charge in [0.15, 0.2) is 0 Å². The molecule has 0 aliphatic rings. The zero-order valence-corrected chi connectivity index (χ0v) is 11.9. The largest absolute Gasteiger partial charge is 0.349 e. The van der Waals surface area contributed by atoms with Gasteiger partial charge in [0.2, 0.25) is 5.91 Å². The zero-order valence-electron chi connectivity index (χ0n) is 11.1. The van der Waals surface area contributed by atoms with Crippen molar-refractivity contribution < 1.29 is 18.4 Å².